The first kappa shape index (κ1) is 12.6. The van der Waals surface area contributed by atoms with E-state index in [4.69, 9.17) is 9.84 Å². The lowest BCUT2D eigenvalue weighted by Gasteiger charge is -2.10. The van der Waals surface area contributed by atoms with Crippen molar-refractivity contribution < 1.29 is 14.6 Å². The van der Waals surface area contributed by atoms with Gasteiger partial charge in [0.1, 0.15) is 0 Å². The standard InChI is InChI=1S/C12H17NO3/c1-10(9-12(14)15)16-8-2-3-11-4-6-13-7-5-11/h4-7,10H,2-3,8-9H2,1H3,(H,14,15). The van der Waals surface area contributed by atoms with Crippen molar-refractivity contribution in [3.8, 4) is 0 Å². The van der Waals surface area contributed by atoms with Gasteiger partial charge in [0.15, 0.2) is 0 Å². The highest BCUT2D eigenvalue weighted by Gasteiger charge is 2.06. The zero-order chi connectivity index (χ0) is 11.8. The van der Waals surface area contributed by atoms with Gasteiger partial charge >= 0.3 is 5.97 Å². The lowest BCUT2D eigenvalue weighted by atomic mass is 10.1. The van der Waals surface area contributed by atoms with Gasteiger partial charge in [-0.2, -0.15) is 0 Å². The Kier molecular flexibility index (Phi) is 5.50. The van der Waals surface area contributed by atoms with Gasteiger partial charge in [-0.3, -0.25) is 9.78 Å². The van der Waals surface area contributed by atoms with Crippen molar-refractivity contribution in [1.82, 2.24) is 4.98 Å². The summed E-state index contributed by atoms with van der Waals surface area (Å²) in [6.07, 6.45) is 5.22. The van der Waals surface area contributed by atoms with Crippen LogP contribution < -0.4 is 0 Å². The number of hydrogen-bond acceptors (Lipinski definition) is 3. The fraction of sp³-hybridized carbons (Fsp3) is 0.500. The Labute approximate surface area is 95.3 Å². The molecule has 0 saturated heterocycles. The topological polar surface area (TPSA) is 59.4 Å². The highest BCUT2D eigenvalue weighted by Crippen LogP contribution is 2.03. The van der Waals surface area contributed by atoms with Gasteiger partial charge in [0, 0.05) is 19.0 Å². The molecule has 16 heavy (non-hydrogen) atoms. The molecule has 1 rings (SSSR count). The van der Waals surface area contributed by atoms with E-state index in [0.29, 0.717) is 6.61 Å². The van der Waals surface area contributed by atoms with Crippen LogP contribution in [0.15, 0.2) is 24.5 Å². The summed E-state index contributed by atoms with van der Waals surface area (Å²) >= 11 is 0. The van der Waals surface area contributed by atoms with Gasteiger partial charge in [-0.15, -0.1) is 0 Å². The maximum Gasteiger partial charge on any atom is 0.305 e. The van der Waals surface area contributed by atoms with Gasteiger partial charge in [-0.1, -0.05) is 0 Å². The number of pyridine rings is 1. The first-order valence-electron chi connectivity index (χ1n) is 5.41. The molecule has 1 aromatic heterocycles. The summed E-state index contributed by atoms with van der Waals surface area (Å²) in [6, 6.07) is 3.95. The summed E-state index contributed by atoms with van der Waals surface area (Å²) in [6.45, 7) is 2.37. The van der Waals surface area contributed by atoms with Crippen molar-refractivity contribution in [3.63, 3.8) is 0 Å². The molecule has 0 aliphatic rings. The van der Waals surface area contributed by atoms with Crippen LogP contribution in [0.3, 0.4) is 0 Å². The van der Waals surface area contributed by atoms with E-state index in [-0.39, 0.29) is 12.5 Å². The maximum absolute atomic E-state index is 10.4. The fourth-order valence-electron chi connectivity index (χ4n) is 1.42. The summed E-state index contributed by atoms with van der Waals surface area (Å²) in [4.78, 5) is 14.3. The van der Waals surface area contributed by atoms with Crippen LogP contribution in [-0.4, -0.2) is 28.8 Å². The molecule has 0 saturated carbocycles. The minimum atomic E-state index is -0.818. The molecule has 0 amide bonds. The van der Waals surface area contributed by atoms with E-state index in [1.54, 1.807) is 19.3 Å². The number of carbonyl (C=O) groups is 1. The van der Waals surface area contributed by atoms with Gasteiger partial charge in [0.05, 0.1) is 12.5 Å². The van der Waals surface area contributed by atoms with Crippen molar-refractivity contribution in [2.45, 2.75) is 32.3 Å². The van der Waals surface area contributed by atoms with Gasteiger partial charge < -0.3 is 9.84 Å². The number of carboxylic acid groups (broad SMARTS) is 1. The Balaban J connectivity index is 2.10. The molecule has 0 bridgehead atoms. The quantitative estimate of drug-likeness (QED) is 0.717. The molecule has 1 aromatic rings. The molecular formula is C12H17NO3. The minimum Gasteiger partial charge on any atom is -0.481 e. The second-order valence-corrected chi connectivity index (χ2v) is 3.74. The van der Waals surface area contributed by atoms with E-state index in [9.17, 15) is 4.79 Å². The molecule has 0 spiro atoms. The number of carboxylic acids is 1. The molecule has 88 valence electrons. The molecule has 4 nitrogen and oxygen atoms in total. The Morgan fingerprint density at radius 3 is 2.81 bits per heavy atom. The van der Waals surface area contributed by atoms with Crippen molar-refractivity contribution >= 4 is 5.97 Å². The van der Waals surface area contributed by atoms with Gasteiger partial charge in [0.25, 0.3) is 0 Å². The van der Waals surface area contributed by atoms with E-state index >= 15 is 0 Å². The lowest BCUT2D eigenvalue weighted by molar-refractivity contribution is -0.139. The number of aliphatic carboxylic acids is 1. The van der Waals surface area contributed by atoms with E-state index < -0.39 is 5.97 Å². The molecule has 1 heterocycles. The minimum absolute atomic E-state index is 0.0647. The van der Waals surface area contributed by atoms with Crippen LogP contribution in [0.2, 0.25) is 0 Å². The molecule has 0 aliphatic heterocycles. The van der Waals surface area contributed by atoms with Crippen LogP contribution in [0.5, 0.6) is 0 Å². The van der Waals surface area contributed by atoms with E-state index in [1.807, 2.05) is 12.1 Å². The molecule has 1 atom stereocenters. The number of hydrogen-bond donors (Lipinski definition) is 1. The molecule has 1 N–H and O–H groups in total. The third kappa shape index (κ3) is 5.46. The third-order valence-electron chi connectivity index (χ3n) is 2.22. The number of ether oxygens (including phenoxy) is 1. The number of aryl methyl sites for hydroxylation is 1. The SMILES string of the molecule is CC(CC(=O)O)OCCCc1ccncc1. The predicted molar refractivity (Wildman–Crippen MR) is 60.2 cm³/mol. The molecule has 4 heteroatoms. The molecule has 0 aromatic carbocycles. The highest BCUT2D eigenvalue weighted by atomic mass is 16.5. The number of rotatable bonds is 7. The largest absolute Gasteiger partial charge is 0.481 e. The van der Waals surface area contributed by atoms with Crippen LogP contribution >= 0.6 is 0 Å². The van der Waals surface area contributed by atoms with Gasteiger partial charge in [0.2, 0.25) is 0 Å². The summed E-state index contributed by atoms with van der Waals surface area (Å²) in [5.74, 6) is -0.818. The normalized spacial score (nSPS) is 12.3. The Morgan fingerprint density at radius 1 is 1.50 bits per heavy atom. The van der Waals surface area contributed by atoms with E-state index in [1.165, 1.54) is 5.56 Å². The lowest BCUT2D eigenvalue weighted by Crippen LogP contribution is -2.14. The number of nitrogens with zero attached hydrogens (tertiary/aromatic N) is 1. The molecule has 0 radical (unpaired) electrons. The summed E-state index contributed by atoms with van der Waals surface area (Å²) in [5.41, 5.74) is 1.23. The molecule has 1 unspecified atom stereocenters. The molecular weight excluding hydrogens is 206 g/mol. The second kappa shape index (κ2) is 6.95. The van der Waals surface area contributed by atoms with Crippen molar-refractivity contribution in [3.05, 3.63) is 30.1 Å². The molecule has 0 fully saturated rings. The van der Waals surface area contributed by atoms with Crippen molar-refractivity contribution in [2.75, 3.05) is 6.61 Å². The van der Waals surface area contributed by atoms with Crippen LogP contribution in [0.25, 0.3) is 0 Å². The van der Waals surface area contributed by atoms with Crippen LogP contribution in [-0.2, 0) is 16.0 Å². The maximum atomic E-state index is 10.4. The Hall–Kier alpha value is -1.42. The summed E-state index contributed by atoms with van der Waals surface area (Å²) in [7, 11) is 0. The van der Waals surface area contributed by atoms with Crippen molar-refractivity contribution in [2.24, 2.45) is 0 Å². The van der Waals surface area contributed by atoms with Crippen molar-refractivity contribution in [1.29, 1.82) is 0 Å². The van der Waals surface area contributed by atoms with Crippen LogP contribution in [0.1, 0.15) is 25.3 Å². The molecule has 0 aliphatic carbocycles. The van der Waals surface area contributed by atoms with Crippen LogP contribution in [0, 0.1) is 0 Å². The first-order chi connectivity index (χ1) is 7.68. The zero-order valence-electron chi connectivity index (χ0n) is 9.43. The predicted octanol–water partition coefficient (Wildman–Crippen LogP) is 1.89. The number of aromatic nitrogens is 1. The van der Waals surface area contributed by atoms with Gasteiger partial charge in [-0.25, -0.2) is 0 Å². The smallest absolute Gasteiger partial charge is 0.305 e. The summed E-state index contributed by atoms with van der Waals surface area (Å²) < 4.78 is 5.38. The van der Waals surface area contributed by atoms with Gasteiger partial charge in [-0.05, 0) is 37.5 Å². The van der Waals surface area contributed by atoms with E-state index in [2.05, 4.69) is 4.98 Å². The van der Waals surface area contributed by atoms with Crippen LogP contribution in [0.4, 0.5) is 0 Å². The third-order valence-corrected chi connectivity index (χ3v) is 2.22. The average molecular weight is 223 g/mol. The zero-order valence-corrected chi connectivity index (χ0v) is 9.43. The highest BCUT2D eigenvalue weighted by molar-refractivity contribution is 5.67. The second-order valence-electron chi connectivity index (χ2n) is 3.74. The monoisotopic (exact) mass is 223 g/mol. The average Bonchev–Trinajstić information content (AvgIpc) is 2.25. The summed E-state index contributed by atoms with van der Waals surface area (Å²) in [5, 5.41) is 8.53. The Bertz CT molecular complexity index is 313. The Morgan fingerprint density at radius 2 is 2.19 bits per heavy atom. The first-order valence-corrected chi connectivity index (χ1v) is 5.41. The van der Waals surface area contributed by atoms with E-state index in [0.717, 1.165) is 12.8 Å². The fourth-order valence-corrected chi connectivity index (χ4v) is 1.42.